The van der Waals surface area contributed by atoms with E-state index in [1.807, 2.05) is 18.7 Å². The molecule has 11 N–H and O–H groups in total. The van der Waals surface area contributed by atoms with Crippen LogP contribution in [0.15, 0.2) is 24.3 Å². The van der Waals surface area contributed by atoms with Gasteiger partial charge in [0.2, 0.25) is 29.5 Å². The molecule has 1 aromatic rings. The lowest BCUT2D eigenvalue weighted by molar-refractivity contribution is -0.145. The Bertz CT molecular complexity index is 2660. The van der Waals surface area contributed by atoms with Crippen molar-refractivity contribution < 1.29 is 87.5 Å². The summed E-state index contributed by atoms with van der Waals surface area (Å²) in [4.78, 5) is 181. The van der Waals surface area contributed by atoms with Gasteiger partial charge in [0, 0.05) is 70.9 Å². The van der Waals surface area contributed by atoms with Crippen molar-refractivity contribution in [3.8, 4) is 5.75 Å². The first kappa shape index (κ1) is 77.9. The summed E-state index contributed by atoms with van der Waals surface area (Å²) >= 11 is 0. The second kappa shape index (κ2) is 40.5. The predicted molar refractivity (Wildman–Crippen MR) is 334 cm³/mol. The molecule has 508 valence electrons. The maximum Gasteiger partial charge on any atom is 0.326 e. The van der Waals surface area contributed by atoms with Gasteiger partial charge in [0.15, 0.2) is 17.3 Å². The Morgan fingerprint density at radius 2 is 1.21 bits per heavy atom. The summed E-state index contributed by atoms with van der Waals surface area (Å²) < 4.78 is 0. The molecule has 1 heterocycles. The molecule has 5 amide bonds. The predicted octanol–water partition coefficient (Wildman–Crippen LogP) is 3.44. The first-order valence-electron chi connectivity index (χ1n) is 32.3. The first-order valence-corrected chi connectivity index (χ1v) is 32.3. The number of hydrogen-bond acceptors (Lipinski definition) is 18. The molecule has 1 saturated heterocycles. The van der Waals surface area contributed by atoms with Gasteiger partial charge in [0.25, 0.3) is 0 Å². The highest BCUT2D eigenvalue weighted by atomic mass is 16.4. The number of aromatic hydroxyl groups is 1. The van der Waals surface area contributed by atoms with Crippen molar-refractivity contribution in [2.45, 2.75) is 225 Å². The Morgan fingerprint density at radius 3 is 1.81 bits per heavy atom. The summed E-state index contributed by atoms with van der Waals surface area (Å²) in [7, 11) is 0. The highest BCUT2D eigenvalue weighted by Gasteiger charge is 2.36. The van der Waals surface area contributed by atoms with Gasteiger partial charge >= 0.3 is 17.9 Å². The van der Waals surface area contributed by atoms with Crippen LogP contribution in [0.25, 0.3) is 0 Å². The molecule has 1 saturated carbocycles. The largest absolute Gasteiger partial charge is 0.508 e. The van der Waals surface area contributed by atoms with Crippen molar-refractivity contribution in [3.63, 3.8) is 0 Å². The molecule has 26 heteroatoms. The Hall–Kier alpha value is -7.32. The minimum absolute atomic E-state index is 0.0255. The third kappa shape index (κ3) is 29.7. The van der Waals surface area contributed by atoms with Crippen LogP contribution in [0.4, 0.5) is 0 Å². The molecule has 0 unspecified atom stereocenters. The standard InChI is InChI=1S/C65H100N8O18/c1-7-9-14-49(68-38-57(81)65(5,6)72-61(85)52(70-41(4)75)33-42-19-25-47(76)26-20-42)55(79)37-67-50(56(80)39-73-32-12-16-53(73)40(3)74)15-10-11-31-66-59(83)29-23-45(62(86)87)34-48(77)27-28-51(64(90)91)71-60(84)30-24-46(63(88)89)35-54(78)44-21-17-43(18-22-44)36-69-58(82)13-8-2/h19-20,25-26,43-46,49-53,67-68,76H,7-18,21-24,27-39H2,1-6H3,(H,66,83)(H,69,82)(H,70,75)(H,71,84)(H,72,85)(H,86,87)(H,88,89)(H,90,91)/t43?,44?,45-,46-,49+,50+,51+,52-,53+/m1/s1. The van der Waals surface area contributed by atoms with E-state index < -0.39 is 126 Å². The number of hydrogen-bond donors (Lipinski definition) is 11. The molecule has 26 nitrogen and oxygen atoms in total. The molecule has 91 heavy (non-hydrogen) atoms. The lowest BCUT2D eigenvalue weighted by Crippen LogP contribution is -2.59. The Balaban J connectivity index is 1.50. The van der Waals surface area contributed by atoms with Gasteiger partial charge in [-0.3, -0.25) is 67.2 Å². The van der Waals surface area contributed by atoms with Crippen LogP contribution in [-0.4, -0.2) is 182 Å². The smallest absolute Gasteiger partial charge is 0.326 e. The van der Waals surface area contributed by atoms with Crippen molar-refractivity contribution in [2.75, 3.05) is 39.3 Å². The average molecular weight is 1280 g/mol. The number of phenols is 1. The number of carbonyl (C=O) groups excluding carboxylic acids is 11. The summed E-state index contributed by atoms with van der Waals surface area (Å²) in [5, 5.41) is 58.7. The van der Waals surface area contributed by atoms with Crippen LogP contribution in [-0.2, 0) is 73.5 Å². The number of Topliss-reactive ketones (excluding diaryl/α,β-unsaturated/α-hetero) is 6. The van der Waals surface area contributed by atoms with Gasteiger partial charge in [-0.05, 0) is 141 Å². The summed E-state index contributed by atoms with van der Waals surface area (Å²) in [5.41, 5.74) is -0.786. The second-order valence-electron chi connectivity index (χ2n) is 25.0. The van der Waals surface area contributed by atoms with E-state index in [0.29, 0.717) is 82.9 Å². The number of carboxylic acids is 3. The molecule has 1 aliphatic heterocycles. The number of amides is 5. The number of unbranched alkanes of at least 4 members (excludes halogenated alkanes) is 2. The van der Waals surface area contributed by atoms with Crippen molar-refractivity contribution in [1.82, 2.24) is 42.1 Å². The molecular weight excluding hydrogens is 1180 g/mol. The molecule has 1 aliphatic carbocycles. The fourth-order valence-corrected chi connectivity index (χ4v) is 11.4. The van der Waals surface area contributed by atoms with Gasteiger partial charge in [0.1, 0.15) is 35.2 Å². The van der Waals surface area contributed by atoms with Crippen LogP contribution in [0.1, 0.15) is 188 Å². The first-order chi connectivity index (χ1) is 43.0. The second-order valence-corrected chi connectivity index (χ2v) is 25.0. The van der Waals surface area contributed by atoms with E-state index in [1.165, 1.54) is 39.8 Å². The minimum atomic E-state index is -1.56. The fraction of sp³-hybridized carbons (Fsp3) is 0.692. The van der Waals surface area contributed by atoms with Crippen LogP contribution < -0.4 is 37.2 Å². The topological polar surface area (TPSA) is 407 Å². The number of carbonyl (C=O) groups is 14. The molecule has 0 radical (unpaired) electrons. The van der Waals surface area contributed by atoms with Gasteiger partial charge in [0.05, 0.1) is 55.1 Å². The van der Waals surface area contributed by atoms with Crippen LogP contribution in [0.5, 0.6) is 5.75 Å². The summed E-state index contributed by atoms with van der Waals surface area (Å²) in [6, 6.07) is 1.44. The van der Waals surface area contributed by atoms with E-state index in [2.05, 4.69) is 37.2 Å². The van der Waals surface area contributed by atoms with Crippen molar-refractivity contribution in [3.05, 3.63) is 29.8 Å². The van der Waals surface area contributed by atoms with E-state index in [-0.39, 0.29) is 111 Å². The van der Waals surface area contributed by atoms with Crippen molar-refractivity contribution in [1.29, 1.82) is 0 Å². The van der Waals surface area contributed by atoms with E-state index >= 15 is 0 Å². The van der Waals surface area contributed by atoms with E-state index in [0.717, 1.165) is 19.3 Å². The monoisotopic (exact) mass is 1280 g/mol. The number of benzene rings is 1. The zero-order chi connectivity index (χ0) is 67.8. The van der Waals surface area contributed by atoms with Gasteiger partial charge < -0.3 is 57.6 Å². The van der Waals surface area contributed by atoms with Gasteiger partial charge in [-0.2, -0.15) is 0 Å². The Kier molecular flexibility index (Phi) is 34.7. The number of nitrogens with zero attached hydrogens (tertiary/aromatic N) is 1. The van der Waals surface area contributed by atoms with E-state index in [9.17, 15) is 87.5 Å². The summed E-state index contributed by atoms with van der Waals surface area (Å²) in [6.45, 7) is 10.2. The zero-order valence-electron chi connectivity index (χ0n) is 54.0. The molecule has 0 bridgehead atoms. The minimum Gasteiger partial charge on any atom is -0.508 e. The van der Waals surface area contributed by atoms with Gasteiger partial charge in [-0.15, -0.1) is 0 Å². The zero-order valence-corrected chi connectivity index (χ0v) is 54.0. The summed E-state index contributed by atoms with van der Waals surface area (Å²) in [5.74, 6) is -11.1. The fourth-order valence-electron chi connectivity index (χ4n) is 11.4. The number of phenolic OH excluding ortho intramolecular Hbond substituents is 1. The molecule has 0 aromatic heterocycles. The maximum absolute atomic E-state index is 14.0. The molecule has 0 spiro atoms. The van der Waals surface area contributed by atoms with Crippen LogP contribution >= 0.6 is 0 Å². The lowest BCUT2D eigenvalue weighted by atomic mass is 9.78. The number of aliphatic carboxylic acids is 3. The molecule has 2 fully saturated rings. The molecule has 1 aromatic carbocycles. The molecule has 2 aliphatic rings. The Labute approximate surface area is 533 Å². The number of rotatable bonds is 47. The highest BCUT2D eigenvalue weighted by Crippen LogP contribution is 2.31. The molecular formula is C65H100N8O18. The number of nitrogens with one attached hydrogen (secondary N) is 7. The molecule has 3 rings (SSSR count). The van der Waals surface area contributed by atoms with Crippen molar-refractivity contribution in [2.24, 2.45) is 23.7 Å². The third-order valence-electron chi connectivity index (χ3n) is 17.1. The lowest BCUT2D eigenvalue weighted by Gasteiger charge is -2.29. The SMILES string of the molecule is CCCC[C@H](NCC(=O)C(C)(C)NC(=O)[C@@H](Cc1ccc(O)cc1)NC(C)=O)C(=O)CN[C@@H](CCCCNC(=O)CC[C@H](CC(=O)CC[C@H](NC(=O)CC[C@H](CC(=O)C1CCC(CNC(=O)CCC)CC1)C(=O)O)C(=O)O)C(=O)O)C(=O)CN1CCC[C@H]1C(C)=O. The summed E-state index contributed by atoms with van der Waals surface area (Å²) in [6.07, 6.45) is 5.00. The van der Waals surface area contributed by atoms with Crippen LogP contribution in [0, 0.1) is 23.7 Å². The number of carboxylic acid groups (broad SMARTS) is 3. The maximum atomic E-state index is 14.0. The quantitative estimate of drug-likeness (QED) is 0.0416. The van der Waals surface area contributed by atoms with Crippen LogP contribution in [0.2, 0.25) is 0 Å². The highest BCUT2D eigenvalue weighted by molar-refractivity contribution is 5.97. The number of ketones is 6. The van der Waals surface area contributed by atoms with Gasteiger partial charge in [-0.25, -0.2) is 4.79 Å². The van der Waals surface area contributed by atoms with E-state index in [1.54, 1.807) is 12.1 Å². The third-order valence-corrected chi connectivity index (χ3v) is 17.1. The molecule has 7 atom stereocenters. The van der Waals surface area contributed by atoms with Crippen molar-refractivity contribution >= 4 is 82.1 Å². The normalized spacial score (nSPS) is 17.8. The average Bonchev–Trinajstić information content (AvgIpc) is 2.72. The number of likely N-dealkylation sites (tertiary alicyclic amines) is 1. The van der Waals surface area contributed by atoms with Gasteiger partial charge in [-0.1, -0.05) is 38.8 Å². The van der Waals surface area contributed by atoms with Crippen LogP contribution in [0.3, 0.4) is 0 Å². The Morgan fingerprint density at radius 1 is 0.604 bits per heavy atom. The van der Waals surface area contributed by atoms with E-state index in [4.69, 9.17) is 0 Å².